The van der Waals surface area contributed by atoms with Crippen LogP contribution in [0.15, 0.2) is 6.20 Å². The highest BCUT2D eigenvalue weighted by atomic mass is 16.5. The van der Waals surface area contributed by atoms with Gasteiger partial charge in [-0.1, -0.05) is 0 Å². The molecule has 4 rings (SSSR count). The Hall–Kier alpha value is -1.73. The predicted molar refractivity (Wildman–Crippen MR) is 111 cm³/mol. The van der Waals surface area contributed by atoms with E-state index in [0.29, 0.717) is 6.10 Å². The van der Waals surface area contributed by atoms with E-state index in [0.717, 1.165) is 75.2 Å². The molecule has 1 aromatic heterocycles. The maximum Gasteiger partial charge on any atom is 0.225 e. The van der Waals surface area contributed by atoms with E-state index in [1.807, 2.05) is 6.20 Å². The van der Waals surface area contributed by atoms with Crippen molar-refractivity contribution in [2.75, 3.05) is 25.1 Å². The van der Waals surface area contributed by atoms with Crippen molar-refractivity contribution < 1.29 is 14.3 Å². The van der Waals surface area contributed by atoms with Gasteiger partial charge in [-0.2, -0.15) is 0 Å². The first-order chi connectivity index (χ1) is 14.0. The van der Waals surface area contributed by atoms with Crippen LogP contribution in [0.4, 0.5) is 5.95 Å². The molecule has 2 fully saturated rings. The number of anilines is 1. The largest absolute Gasteiger partial charge is 0.381 e. The van der Waals surface area contributed by atoms with E-state index in [4.69, 9.17) is 14.5 Å². The van der Waals surface area contributed by atoms with Gasteiger partial charge in [0.05, 0.1) is 30.0 Å². The van der Waals surface area contributed by atoms with Crippen molar-refractivity contribution in [2.24, 2.45) is 5.92 Å². The first-order valence-electron chi connectivity index (χ1n) is 11.1. The summed E-state index contributed by atoms with van der Waals surface area (Å²) >= 11 is 0. The van der Waals surface area contributed by atoms with Crippen molar-refractivity contribution in [3.05, 3.63) is 17.5 Å². The van der Waals surface area contributed by atoms with E-state index in [9.17, 15) is 4.79 Å². The Morgan fingerprint density at radius 1 is 1.17 bits per heavy atom. The van der Waals surface area contributed by atoms with Gasteiger partial charge in [0.15, 0.2) is 0 Å². The fraction of sp³-hybridized carbons (Fsp3) is 0.773. The molecule has 3 atom stereocenters. The molecule has 7 nitrogen and oxygen atoms in total. The van der Waals surface area contributed by atoms with E-state index >= 15 is 0 Å². The predicted octanol–water partition coefficient (Wildman–Crippen LogP) is 2.79. The second kappa shape index (κ2) is 8.96. The standard InChI is InChI=1S/C22H34N4O3/c1-14-12-26(13-15(2)29-14)22-23-11-18-19(5-4-6-20(18)25-22)24-21(27)16-7-9-17(28-3)10-8-16/h11,14-17,19H,4-10,12-13H2,1-3H3,(H,24,27). The number of morpholine rings is 1. The van der Waals surface area contributed by atoms with Crippen LogP contribution in [0.5, 0.6) is 0 Å². The number of hydrogen-bond donors (Lipinski definition) is 1. The number of aromatic nitrogens is 2. The number of nitrogens with zero attached hydrogens (tertiary/aromatic N) is 3. The van der Waals surface area contributed by atoms with Gasteiger partial charge in [0, 0.05) is 37.9 Å². The number of amides is 1. The summed E-state index contributed by atoms with van der Waals surface area (Å²) in [5.41, 5.74) is 2.18. The van der Waals surface area contributed by atoms with Crippen molar-refractivity contribution in [3.8, 4) is 0 Å². The minimum atomic E-state index is 0.0305. The Morgan fingerprint density at radius 3 is 2.59 bits per heavy atom. The van der Waals surface area contributed by atoms with Gasteiger partial charge in [-0.3, -0.25) is 4.79 Å². The van der Waals surface area contributed by atoms with Crippen LogP contribution < -0.4 is 10.2 Å². The summed E-state index contributed by atoms with van der Waals surface area (Å²) in [5.74, 6) is 1.07. The topological polar surface area (TPSA) is 76.6 Å². The lowest BCUT2D eigenvalue weighted by molar-refractivity contribution is -0.127. The van der Waals surface area contributed by atoms with E-state index in [1.54, 1.807) is 7.11 Å². The van der Waals surface area contributed by atoms with Crippen molar-refractivity contribution in [2.45, 2.75) is 83.1 Å². The fourth-order valence-corrected chi connectivity index (χ4v) is 5.03. The molecular weight excluding hydrogens is 368 g/mol. The zero-order valence-electron chi connectivity index (χ0n) is 17.9. The number of aryl methyl sites for hydroxylation is 1. The maximum atomic E-state index is 12.8. The molecule has 3 aliphatic rings. The molecule has 2 heterocycles. The molecule has 160 valence electrons. The number of rotatable bonds is 4. The van der Waals surface area contributed by atoms with Gasteiger partial charge in [0.25, 0.3) is 0 Å². The van der Waals surface area contributed by atoms with Gasteiger partial charge in [-0.05, 0) is 58.8 Å². The van der Waals surface area contributed by atoms with Crippen LogP contribution in [0.3, 0.4) is 0 Å². The van der Waals surface area contributed by atoms with Crippen molar-refractivity contribution in [1.82, 2.24) is 15.3 Å². The highest BCUT2D eigenvalue weighted by Crippen LogP contribution is 2.32. The van der Waals surface area contributed by atoms with Gasteiger partial charge in [-0.25, -0.2) is 9.97 Å². The molecule has 1 saturated carbocycles. The van der Waals surface area contributed by atoms with E-state index < -0.39 is 0 Å². The second-order valence-electron chi connectivity index (χ2n) is 8.90. The zero-order chi connectivity index (χ0) is 20.4. The maximum absolute atomic E-state index is 12.8. The summed E-state index contributed by atoms with van der Waals surface area (Å²) in [6.45, 7) is 5.81. The third kappa shape index (κ3) is 4.72. The van der Waals surface area contributed by atoms with Gasteiger partial charge in [0.2, 0.25) is 11.9 Å². The van der Waals surface area contributed by atoms with E-state index in [2.05, 4.69) is 29.0 Å². The summed E-state index contributed by atoms with van der Waals surface area (Å²) in [6, 6.07) is 0.0305. The summed E-state index contributed by atoms with van der Waals surface area (Å²) < 4.78 is 11.3. The Kier molecular flexibility index (Phi) is 6.35. The highest BCUT2D eigenvalue weighted by molar-refractivity contribution is 5.79. The normalized spacial score (nSPS) is 32.5. The molecule has 0 spiro atoms. The number of methoxy groups -OCH3 is 1. The van der Waals surface area contributed by atoms with Crippen LogP contribution in [-0.2, 0) is 20.7 Å². The number of ether oxygens (including phenoxy) is 2. The van der Waals surface area contributed by atoms with E-state index in [-0.39, 0.29) is 30.1 Å². The van der Waals surface area contributed by atoms with Crippen molar-refractivity contribution >= 4 is 11.9 Å². The number of carbonyl (C=O) groups excluding carboxylic acids is 1. The average Bonchev–Trinajstić information content (AvgIpc) is 2.73. The van der Waals surface area contributed by atoms with Gasteiger partial charge in [0.1, 0.15) is 0 Å². The molecule has 1 aliphatic heterocycles. The third-order valence-corrected chi connectivity index (χ3v) is 6.57. The molecule has 2 aliphatic carbocycles. The molecule has 1 aromatic rings. The molecule has 0 radical (unpaired) electrons. The number of fused-ring (bicyclic) bond motifs is 1. The highest BCUT2D eigenvalue weighted by Gasteiger charge is 2.31. The van der Waals surface area contributed by atoms with Gasteiger partial charge < -0.3 is 19.7 Å². The molecule has 0 bridgehead atoms. The molecule has 1 amide bonds. The summed E-state index contributed by atoms with van der Waals surface area (Å²) in [6.07, 6.45) is 9.32. The smallest absolute Gasteiger partial charge is 0.225 e. The quantitative estimate of drug-likeness (QED) is 0.835. The van der Waals surface area contributed by atoms with E-state index in [1.165, 1.54) is 0 Å². The first-order valence-corrected chi connectivity index (χ1v) is 11.1. The van der Waals surface area contributed by atoms with Gasteiger partial charge in [-0.15, -0.1) is 0 Å². The Labute approximate surface area is 173 Å². The number of hydrogen-bond acceptors (Lipinski definition) is 6. The van der Waals surface area contributed by atoms with Crippen LogP contribution in [0.2, 0.25) is 0 Å². The molecule has 1 N–H and O–H groups in total. The SMILES string of the molecule is COC1CCC(C(=O)NC2CCCc3nc(N4CC(C)OC(C)C4)ncc32)CC1. The van der Waals surface area contributed by atoms with Crippen LogP contribution in [0, 0.1) is 5.92 Å². The minimum Gasteiger partial charge on any atom is -0.381 e. The van der Waals surface area contributed by atoms with Crippen molar-refractivity contribution in [1.29, 1.82) is 0 Å². The summed E-state index contributed by atoms with van der Waals surface area (Å²) in [7, 11) is 1.76. The molecular formula is C22H34N4O3. The molecule has 29 heavy (non-hydrogen) atoms. The van der Waals surface area contributed by atoms with Crippen LogP contribution in [0.1, 0.15) is 69.7 Å². The fourth-order valence-electron chi connectivity index (χ4n) is 5.03. The van der Waals surface area contributed by atoms with Crippen LogP contribution in [-0.4, -0.2) is 54.4 Å². The monoisotopic (exact) mass is 402 g/mol. The Balaban J connectivity index is 1.42. The molecule has 1 saturated heterocycles. The Bertz CT molecular complexity index is 710. The average molecular weight is 403 g/mol. The lowest BCUT2D eigenvalue weighted by Crippen LogP contribution is -2.46. The Morgan fingerprint density at radius 2 is 1.90 bits per heavy atom. The number of carbonyl (C=O) groups is 1. The summed E-state index contributed by atoms with van der Waals surface area (Å²) in [5, 5.41) is 3.30. The number of nitrogens with one attached hydrogen (secondary N) is 1. The third-order valence-electron chi connectivity index (χ3n) is 6.57. The lowest BCUT2D eigenvalue weighted by atomic mass is 9.85. The molecule has 3 unspecified atom stereocenters. The van der Waals surface area contributed by atoms with Crippen LogP contribution in [0.25, 0.3) is 0 Å². The second-order valence-corrected chi connectivity index (χ2v) is 8.90. The zero-order valence-corrected chi connectivity index (χ0v) is 17.9. The lowest BCUT2D eigenvalue weighted by Gasteiger charge is -2.36. The minimum absolute atomic E-state index is 0.0305. The molecule has 0 aromatic carbocycles. The van der Waals surface area contributed by atoms with Gasteiger partial charge >= 0.3 is 0 Å². The van der Waals surface area contributed by atoms with Crippen molar-refractivity contribution in [3.63, 3.8) is 0 Å². The van der Waals surface area contributed by atoms with Crippen LogP contribution >= 0.6 is 0 Å². The summed E-state index contributed by atoms with van der Waals surface area (Å²) in [4.78, 5) is 24.6. The first kappa shape index (κ1) is 20.5. The molecule has 7 heteroatoms.